The van der Waals surface area contributed by atoms with Gasteiger partial charge in [0.15, 0.2) is 0 Å². The van der Waals surface area contributed by atoms with Gasteiger partial charge in [0.05, 0.1) is 6.54 Å². The third kappa shape index (κ3) is 3.06. The smallest absolute Gasteiger partial charge is 0.279 e. The normalized spacial score (nSPS) is 18.4. The van der Waals surface area contributed by atoms with Gasteiger partial charge in [-0.25, -0.2) is 0 Å². The molecule has 0 aromatic carbocycles. The number of nitrogens with zero attached hydrogens (tertiary/aromatic N) is 2. The van der Waals surface area contributed by atoms with Crippen LogP contribution in [0.4, 0.5) is 0 Å². The molecule has 0 saturated carbocycles. The molecule has 7 heteroatoms. The summed E-state index contributed by atoms with van der Waals surface area (Å²) >= 11 is 0. The molecule has 0 amide bonds. The Labute approximate surface area is 102 Å². The molecule has 1 fully saturated rings. The fourth-order valence-corrected chi connectivity index (χ4v) is 3.00. The predicted octanol–water partition coefficient (Wildman–Crippen LogP) is -0.735. The first-order chi connectivity index (χ1) is 8.09. The highest BCUT2D eigenvalue weighted by Crippen LogP contribution is 2.03. The second kappa shape index (κ2) is 5.18. The summed E-state index contributed by atoms with van der Waals surface area (Å²) in [7, 11) is -1.45. The van der Waals surface area contributed by atoms with Crippen LogP contribution in [-0.2, 0) is 23.8 Å². The lowest BCUT2D eigenvalue weighted by Gasteiger charge is -2.26. The maximum Gasteiger partial charge on any atom is 0.279 e. The van der Waals surface area contributed by atoms with E-state index in [-0.39, 0.29) is 0 Å². The van der Waals surface area contributed by atoms with Crippen molar-refractivity contribution in [2.24, 2.45) is 7.05 Å². The van der Waals surface area contributed by atoms with Gasteiger partial charge in [0.25, 0.3) is 10.2 Å². The molecule has 0 aliphatic carbocycles. The Morgan fingerprint density at radius 1 is 1.41 bits per heavy atom. The van der Waals surface area contributed by atoms with Crippen molar-refractivity contribution in [3.8, 4) is 0 Å². The van der Waals surface area contributed by atoms with Crippen LogP contribution in [0.25, 0.3) is 0 Å². The Bertz CT molecular complexity index is 462. The van der Waals surface area contributed by atoms with Gasteiger partial charge >= 0.3 is 0 Å². The average Bonchev–Trinajstić information content (AvgIpc) is 2.74. The zero-order valence-electron chi connectivity index (χ0n) is 9.89. The van der Waals surface area contributed by atoms with Crippen molar-refractivity contribution >= 4 is 10.2 Å². The molecule has 2 N–H and O–H groups in total. The third-order valence-corrected chi connectivity index (χ3v) is 4.46. The van der Waals surface area contributed by atoms with Crippen LogP contribution in [0, 0.1) is 0 Å². The minimum absolute atomic E-state index is 0.329. The van der Waals surface area contributed by atoms with Crippen LogP contribution in [0.15, 0.2) is 18.3 Å². The lowest BCUT2D eigenvalue weighted by atomic mass is 10.4. The third-order valence-electron chi connectivity index (χ3n) is 2.90. The zero-order valence-corrected chi connectivity index (χ0v) is 10.7. The van der Waals surface area contributed by atoms with Crippen molar-refractivity contribution in [2.75, 3.05) is 26.2 Å². The number of piperazine rings is 1. The van der Waals surface area contributed by atoms with Crippen molar-refractivity contribution in [1.29, 1.82) is 0 Å². The number of aromatic nitrogens is 1. The van der Waals surface area contributed by atoms with Gasteiger partial charge in [-0.3, -0.25) is 0 Å². The van der Waals surface area contributed by atoms with E-state index in [1.165, 1.54) is 4.31 Å². The lowest BCUT2D eigenvalue weighted by molar-refractivity contribution is 0.354. The summed E-state index contributed by atoms with van der Waals surface area (Å²) in [6.45, 7) is 2.82. The standard InChI is InChI=1S/C10H18N4O2S/c1-13-6-2-3-10(13)9-12-17(15,16)14-7-4-11-5-8-14/h2-3,6,11-12H,4-5,7-9H2,1H3. The van der Waals surface area contributed by atoms with Crippen LogP contribution < -0.4 is 10.0 Å². The van der Waals surface area contributed by atoms with E-state index in [1.54, 1.807) is 0 Å². The molecule has 96 valence electrons. The molecule has 1 aromatic rings. The van der Waals surface area contributed by atoms with E-state index < -0.39 is 10.2 Å². The highest BCUT2D eigenvalue weighted by atomic mass is 32.2. The fraction of sp³-hybridized carbons (Fsp3) is 0.600. The van der Waals surface area contributed by atoms with Gasteiger partial charge < -0.3 is 9.88 Å². The molecule has 1 saturated heterocycles. The van der Waals surface area contributed by atoms with Crippen molar-refractivity contribution < 1.29 is 8.42 Å². The maximum absolute atomic E-state index is 12.0. The summed E-state index contributed by atoms with van der Waals surface area (Å²) in [5.74, 6) is 0. The monoisotopic (exact) mass is 258 g/mol. The predicted molar refractivity (Wildman–Crippen MR) is 65.6 cm³/mol. The molecule has 0 bridgehead atoms. The molecule has 2 heterocycles. The summed E-state index contributed by atoms with van der Waals surface area (Å²) in [4.78, 5) is 0. The average molecular weight is 258 g/mol. The minimum atomic E-state index is -3.35. The van der Waals surface area contributed by atoms with E-state index in [0.717, 1.165) is 5.69 Å². The molecular weight excluding hydrogens is 240 g/mol. The van der Waals surface area contributed by atoms with Crippen molar-refractivity contribution in [2.45, 2.75) is 6.54 Å². The summed E-state index contributed by atoms with van der Waals surface area (Å²) in [5, 5.41) is 3.13. The molecule has 0 atom stereocenters. The summed E-state index contributed by atoms with van der Waals surface area (Å²) < 4.78 is 29.9. The van der Waals surface area contributed by atoms with E-state index in [1.807, 2.05) is 29.9 Å². The molecule has 0 spiro atoms. The Kier molecular flexibility index (Phi) is 3.82. The maximum atomic E-state index is 12.0. The Morgan fingerprint density at radius 2 is 2.12 bits per heavy atom. The lowest BCUT2D eigenvalue weighted by Crippen LogP contribution is -2.50. The van der Waals surface area contributed by atoms with Gasteiger partial charge in [-0.1, -0.05) is 0 Å². The zero-order chi connectivity index (χ0) is 12.3. The Balaban J connectivity index is 1.95. The second-order valence-corrected chi connectivity index (χ2v) is 5.84. The largest absolute Gasteiger partial charge is 0.353 e. The number of hydrogen-bond acceptors (Lipinski definition) is 3. The summed E-state index contributed by atoms with van der Waals surface area (Å²) in [5.41, 5.74) is 0.948. The molecule has 17 heavy (non-hydrogen) atoms. The number of nitrogens with one attached hydrogen (secondary N) is 2. The fourth-order valence-electron chi connectivity index (χ4n) is 1.82. The van der Waals surface area contributed by atoms with Crippen LogP contribution in [0.3, 0.4) is 0 Å². The van der Waals surface area contributed by atoms with Gasteiger partial charge in [-0.15, -0.1) is 0 Å². The van der Waals surface area contributed by atoms with E-state index in [0.29, 0.717) is 32.7 Å². The first-order valence-corrected chi connectivity index (χ1v) is 7.09. The molecule has 0 radical (unpaired) electrons. The molecule has 1 aromatic heterocycles. The van der Waals surface area contributed by atoms with Crippen LogP contribution in [-0.4, -0.2) is 43.5 Å². The molecule has 2 rings (SSSR count). The summed E-state index contributed by atoms with van der Waals surface area (Å²) in [6.07, 6.45) is 1.90. The van der Waals surface area contributed by atoms with Gasteiger partial charge in [0, 0.05) is 45.1 Å². The topological polar surface area (TPSA) is 66.4 Å². The van der Waals surface area contributed by atoms with E-state index in [4.69, 9.17) is 0 Å². The number of aryl methyl sites for hydroxylation is 1. The van der Waals surface area contributed by atoms with E-state index in [9.17, 15) is 8.42 Å². The van der Waals surface area contributed by atoms with Crippen molar-refractivity contribution in [3.63, 3.8) is 0 Å². The van der Waals surface area contributed by atoms with Crippen molar-refractivity contribution in [1.82, 2.24) is 18.9 Å². The van der Waals surface area contributed by atoms with Gasteiger partial charge in [-0.05, 0) is 12.1 Å². The van der Waals surface area contributed by atoms with E-state index >= 15 is 0 Å². The van der Waals surface area contributed by atoms with Crippen LogP contribution >= 0.6 is 0 Å². The first-order valence-electron chi connectivity index (χ1n) is 5.65. The molecular formula is C10H18N4O2S. The number of hydrogen-bond donors (Lipinski definition) is 2. The first kappa shape index (κ1) is 12.6. The molecule has 6 nitrogen and oxygen atoms in total. The minimum Gasteiger partial charge on any atom is -0.353 e. The van der Waals surface area contributed by atoms with Crippen LogP contribution in [0.2, 0.25) is 0 Å². The molecule has 0 unspecified atom stereocenters. The SMILES string of the molecule is Cn1cccc1CNS(=O)(=O)N1CCNCC1. The van der Waals surface area contributed by atoms with Crippen molar-refractivity contribution in [3.05, 3.63) is 24.0 Å². The van der Waals surface area contributed by atoms with Crippen LogP contribution in [0.5, 0.6) is 0 Å². The highest BCUT2D eigenvalue weighted by Gasteiger charge is 2.23. The Hall–Kier alpha value is -0.890. The summed E-state index contributed by atoms with van der Waals surface area (Å²) in [6, 6.07) is 3.80. The second-order valence-electron chi connectivity index (χ2n) is 4.09. The van der Waals surface area contributed by atoms with E-state index in [2.05, 4.69) is 10.0 Å². The van der Waals surface area contributed by atoms with Crippen LogP contribution in [0.1, 0.15) is 5.69 Å². The van der Waals surface area contributed by atoms with Gasteiger partial charge in [0.1, 0.15) is 0 Å². The molecule has 1 aliphatic heterocycles. The quantitative estimate of drug-likeness (QED) is 0.748. The highest BCUT2D eigenvalue weighted by molar-refractivity contribution is 7.87. The molecule has 1 aliphatic rings. The number of rotatable bonds is 4. The van der Waals surface area contributed by atoms with Gasteiger partial charge in [-0.2, -0.15) is 17.4 Å². The van der Waals surface area contributed by atoms with Gasteiger partial charge in [0.2, 0.25) is 0 Å². The Morgan fingerprint density at radius 3 is 2.71 bits per heavy atom.